The van der Waals surface area contributed by atoms with E-state index in [1.807, 2.05) is 26.8 Å². The Morgan fingerprint density at radius 3 is 2.40 bits per heavy atom. The van der Waals surface area contributed by atoms with Crippen LogP contribution in [-0.2, 0) is 14.3 Å². The standard InChI is InChI=1S/C17H27NO3.C2H5NO/c1-12-10-14(18-8-6-5-7-9-18)16(21-13(2)19)17(3,4)11-15(12)20;1-2-3-4/h10,14,16H,5-9,11H2,1-4H3;2,4H,1H3. The molecule has 0 aromatic carbocycles. The largest absolute Gasteiger partial charge is 0.460 e. The highest BCUT2D eigenvalue weighted by Crippen LogP contribution is 2.37. The van der Waals surface area contributed by atoms with E-state index in [1.54, 1.807) is 6.92 Å². The molecule has 1 aliphatic heterocycles. The number of hydrogen-bond donors (Lipinski definition) is 1. The highest BCUT2D eigenvalue weighted by molar-refractivity contribution is 5.95. The van der Waals surface area contributed by atoms with Crippen LogP contribution in [0.3, 0.4) is 0 Å². The predicted molar refractivity (Wildman–Crippen MR) is 97.9 cm³/mol. The fourth-order valence-electron chi connectivity index (χ4n) is 3.47. The van der Waals surface area contributed by atoms with Crippen LogP contribution < -0.4 is 0 Å². The summed E-state index contributed by atoms with van der Waals surface area (Å²) in [5, 5.41) is 10.1. The van der Waals surface area contributed by atoms with Crippen LogP contribution in [0.2, 0.25) is 0 Å². The van der Waals surface area contributed by atoms with Gasteiger partial charge in [-0.1, -0.05) is 26.3 Å². The lowest BCUT2D eigenvalue weighted by atomic mass is 9.79. The van der Waals surface area contributed by atoms with Crippen LogP contribution in [0.5, 0.6) is 0 Å². The van der Waals surface area contributed by atoms with Crippen molar-refractivity contribution < 1.29 is 19.5 Å². The summed E-state index contributed by atoms with van der Waals surface area (Å²) in [6.45, 7) is 11.1. The van der Waals surface area contributed by atoms with E-state index >= 15 is 0 Å². The maximum atomic E-state index is 12.3. The molecule has 1 saturated heterocycles. The molecule has 0 aromatic rings. The Morgan fingerprint density at radius 2 is 1.92 bits per heavy atom. The number of piperidine rings is 1. The van der Waals surface area contributed by atoms with Crippen LogP contribution in [0.25, 0.3) is 0 Å². The maximum absolute atomic E-state index is 12.3. The molecule has 2 atom stereocenters. The van der Waals surface area contributed by atoms with Crippen molar-refractivity contribution in [2.75, 3.05) is 13.1 Å². The number of esters is 1. The molecule has 0 radical (unpaired) electrons. The van der Waals surface area contributed by atoms with E-state index in [4.69, 9.17) is 9.94 Å². The molecule has 2 aliphatic rings. The minimum Gasteiger partial charge on any atom is -0.460 e. The smallest absolute Gasteiger partial charge is 0.302 e. The van der Waals surface area contributed by atoms with Gasteiger partial charge in [0.2, 0.25) is 0 Å². The number of rotatable bonds is 2. The number of carbonyl (C=O) groups excluding carboxylic acids is 2. The van der Waals surface area contributed by atoms with Crippen molar-refractivity contribution in [3.05, 3.63) is 11.6 Å². The van der Waals surface area contributed by atoms with Crippen LogP contribution >= 0.6 is 0 Å². The number of Topliss-reactive ketones (excluding diaryl/α,β-unsaturated/α-hetero) is 1. The van der Waals surface area contributed by atoms with Crippen molar-refractivity contribution in [3.63, 3.8) is 0 Å². The average Bonchev–Trinajstić information content (AvgIpc) is 2.65. The SMILES string of the molecule is CC(=O)OC1C(N2CCCCC2)C=C(C)C(=O)CC1(C)C.CC=NO. The van der Waals surface area contributed by atoms with Crippen molar-refractivity contribution >= 4 is 18.0 Å². The summed E-state index contributed by atoms with van der Waals surface area (Å²) >= 11 is 0. The molecule has 0 aromatic heterocycles. The van der Waals surface area contributed by atoms with Crippen molar-refractivity contribution in [2.45, 2.75) is 72.4 Å². The quantitative estimate of drug-likeness (QED) is 0.357. The Balaban J connectivity index is 0.000000705. The van der Waals surface area contributed by atoms with Gasteiger partial charge in [-0.3, -0.25) is 14.5 Å². The van der Waals surface area contributed by atoms with E-state index in [1.165, 1.54) is 32.4 Å². The van der Waals surface area contributed by atoms with Gasteiger partial charge in [-0.2, -0.15) is 0 Å². The second kappa shape index (κ2) is 9.70. The highest BCUT2D eigenvalue weighted by Gasteiger charge is 2.43. The van der Waals surface area contributed by atoms with E-state index in [-0.39, 0.29) is 29.3 Å². The Kier molecular flexibility index (Phi) is 8.29. The predicted octanol–water partition coefficient (Wildman–Crippen LogP) is 3.18. The average molecular weight is 352 g/mol. The summed E-state index contributed by atoms with van der Waals surface area (Å²) in [6.07, 6.45) is 7.09. The van der Waals surface area contributed by atoms with Gasteiger partial charge in [-0.25, -0.2) is 0 Å². The molecule has 0 saturated carbocycles. The second-order valence-electron chi connectivity index (χ2n) is 7.43. The Hall–Kier alpha value is -1.69. The van der Waals surface area contributed by atoms with E-state index in [2.05, 4.69) is 10.1 Å². The number of oxime groups is 1. The van der Waals surface area contributed by atoms with Crippen LogP contribution in [0.1, 0.15) is 60.3 Å². The fourth-order valence-corrected chi connectivity index (χ4v) is 3.47. The van der Waals surface area contributed by atoms with Crippen molar-refractivity contribution in [1.29, 1.82) is 0 Å². The van der Waals surface area contributed by atoms with E-state index < -0.39 is 0 Å². The minimum absolute atomic E-state index is 0.00986. The number of hydrogen-bond acceptors (Lipinski definition) is 6. The molecule has 6 heteroatoms. The van der Waals surface area contributed by atoms with Gasteiger partial charge in [0.25, 0.3) is 0 Å². The van der Waals surface area contributed by atoms with Gasteiger partial charge in [-0.15, -0.1) is 5.16 Å². The topological polar surface area (TPSA) is 79.2 Å². The molecule has 1 N–H and O–H groups in total. The Labute approximate surface area is 150 Å². The van der Waals surface area contributed by atoms with Crippen LogP contribution in [-0.4, -0.2) is 53.3 Å². The van der Waals surface area contributed by atoms with Crippen molar-refractivity contribution in [1.82, 2.24) is 4.90 Å². The number of ketones is 1. The van der Waals surface area contributed by atoms with Gasteiger partial charge in [0, 0.05) is 25.0 Å². The zero-order valence-corrected chi connectivity index (χ0v) is 16.1. The molecule has 0 spiro atoms. The summed E-state index contributed by atoms with van der Waals surface area (Å²) < 4.78 is 5.67. The summed E-state index contributed by atoms with van der Waals surface area (Å²) in [5.74, 6) is -0.104. The zero-order valence-electron chi connectivity index (χ0n) is 16.1. The number of nitrogens with zero attached hydrogens (tertiary/aromatic N) is 2. The van der Waals surface area contributed by atoms with E-state index in [0.717, 1.165) is 18.7 Å². The lowest BCUT2D eigenvalue weighted by molar-refractivity contribution is -0.158. The normalized spacial score (nSPS) is 27.1. The molecule has 1 aliphatic carbocycles. The van der Waals surface area contributed by atoms with Gasteiger partial charge in [-0.05, 0) is 45.4 Å². The second-order valence-corrected chi connectivity index (χ2v) is 7.43. The van der Waals surface area contributed by atoms with E-state index in [0.29, 0.717) is 6.42 Å². The molecule has 142 valence electrons. The van der Waals surface area contributed by atoms with Gasteiger partial charge in [0.05, 0.1) is 6.04 Å². The Morgan fingerprint density at radius 1 is 1.36 bits per heavy atom. The minimum atomic E-state index is -0.348. The molecule has 1 heterocycles. The summed E-state index contributed by atoms with van der Waals surface area (Å²) in [4.78, 5) is 26.2. The molecule has 1 fully saturated rings. The molecule has 2 rings (SSSR count). The first-order valence-electron chi connectivity index (χ1n) is 8.98. The molecule has 25 heavy (non-hydrogen) atoms. The first-order chi connectivity index (χ1) is 11.7. The first kappa shape index (κ1) is 21.4. The van der Waals surface area contributed by atoms with Crippen LogP contribution in [0.15, 0.2) is 16.8 Å². The zero-order chi connectivity index (χ0) is 19.0. The van der Waals surface area contributed by atoms with Gasteiger partial charge in [0.15, 0.2) is 5.78 Å². The molecule has 0 bridgehead atoms. The van der Waals surface area contributed by atoms with Crippen molar-refractivity contribution in [3.8, 4) is 0 Å². The summed E-state index contributed by atoms with van der Waals surface area (Å²) in [5.41, 5.74) is 0.451. The fraction of sp³-hybridized carbons (Fsp3) is 0.737. The number of allylic oxidation sites excluding steroid dienone is 1. The lowest BCUT2D eigenvalue weighted by Crippen LogP contribution is -2.51. The number of carbonyl (C=O) groups is 2. The molecule has 2 unspecified atom stereocenters. The monoisotopic (exact) mass is 352 g/mol. The maximum Gasteiger partial charge on any atom is 0.302 e. The highest BCUT2D eigenvalue weighted by atomic mass is 16.5. The van der Waals surface area contributed by atoms with Crippen LogP contribution in [0, 0.1) is 5.41 Å². The molecular weight excluding hydrogens is 320 g/mol. The first-order valence-corrected chi connectivity index (χ1v) is 8.98. The van der Waals surface area contributed by atoms with E-state index in [9.17, 15) is 9.59 Å². The third-order valence-electron chi connectivity index (χ3n) is 4.78. The molecular formula is C19H32N2O4. The van der Waals surface area contributed by atoms with Gasteiger partial charge >= 0.3 is 5.97 Å². The van der Waals surface area contributed by atoms with Crippen LogP contribution in [0.4, 0.5) is 0 Å². The lowest BCUT2D eigenvalue weighted by Gasteiger charge is -2.42. The molecule has 0 amide bonds. The summed E-state index contributed by atoms with van der Waals surface area (Å²) in [7, 11) is 0. The van der Waals surface area contributed by atoms with Crippen molar-refractivity contribution in [2.24, 2.45) is 10.6 Å². The summed E-state index contributed by atoms with van der Waals surface area (Å²) in [6, 6.07) is 0.00986. The Bertz CT molecular complexity index is 516. The van der Waals surface area contributed by atoms with Gasteiger partial charge in [0.1, 0.15) is 6.10 Å². The molecule has 6 nitrogen and oxygen atoms in total. The third-order valence-corrected chi connectivity index (χ3v) is 4.78. The number of likely N-dealkylation sites (tertiary alicyclic amines) is 1. The third kappa shape index (κ3) is 6.27. The van der Waals surface area contributed by atoms with Gasteiger partial charge < -0.3 is 9.94 Å². The number of ether oxygens (including phenoxy) is 1.